The highest BCUT2D eigenvalue weighted by Gasteiger charge is 2.16. The summed E-state index contributed by atoms with van der Waals surface area (Å²) in [5.41, 5.74) is 1.38. The van der Waals surface area contributed by atoms with E-state index in [9.17, 15) is 9.18 Å². The van der Waals surface area contributed by atoms with E-state index in [1.54, 1.807) is 41.9 Å². The van der Waals surface area contributed by atoms with Gasteiger partial charge in [0.05, 0.1) is 21.2 Å². The molecule has 0 bridgehead atoms. The highest BCUT2D eigenvalue weighted by Crippen LogP contribution is 2.30. The summed E-state index contributed by atoms with van der Waals surface area (Å²) >= 11 is 12.0. The topological polar surface area (TPSA) is 34.0 Å². The molecule has 0 unspecified atom stereocenters. The fourth-order valence-corrected chi connectivity index (χ4v) is 2.68. The van der Waals surface area contributed by atoms with Gasteiger partial charge in [-0.2, -0.15) is 0 Å². The number of fused-ring (bicyclic) bond motifs is 1. The molecule has 0 aliphatic heterocycles. The average molecular weight is 337 g/mol. The summed E-state index contributed by atoms with van der Waals surface area (Å²) in [6.07, 6.45) is 0. The number of anilines is 1. The lowest BCUT2D eigenvalue weighted by molar-refractivity contribution is 0.102. The van der Waals surface area contributed by atoms with Crippen LogP contribution >= 0.6 is 23.2 Å². The Morgan fingerprint density at radius 2 is 1.91 bits per heavy atom. The minimum absolute atomic E-state index is 0.266. The first-order chi connectivity index (χ1) is 10.5. The summed E-state index contributed by atoms with van der Waals surface area (Å²) in [6, 6.07) is 11.2. The van der Waals surface area contributed by atoms with Crippen molar-refractivity contribution in [3.05, 3.63) is 64.0 Å². The Balaban J connectivity index is 2.01. The number of rotatable bonds is 2. The lowest BCUT2D eigenvalue weighted by atomic mass is 10.2. The van der Waals surface area contributed by atoms with Crippen LogP contribution in [0.4, 0.5) is 10.1 Å². The quantitative estimate of drug-likeness (QED) is 0.711. The molecule has 6 heteroatoms. The van der Waals surface area contributed by atoms with Crippen LogP contribution in [0.3, 0.4) is 0 Å². The van der Waals surface area contributed by atoms with E-state index in [2.05, 4.69) is 5.32 Å². The van der Waals surface area contributed by atoms with Crippen LogP contribution in [-0.2, 0) is 7.05 Å². The molecule has 1 aromatic heterocycles. The largest absolute Gasteiger partial charge is 0.340 e. The molecule has 1 N–H and O–H groups in total. The second-order valence-electron chi connectivity index (χ2n) is 4.82. The van der Waals surface area contributed by atoms with Gasteiger partial charge < -0.3 is 9.88 Å². The zero-order valence-electron chi connectivity index (χ0n) is 11.5. The molecule has 0 radical (unpaired) electrons. The Hall–Kier alpha value is -2.04. The molecule has 3 aromatic rings. The van der Waals surface area contributed by atoms with Gasteiger partial charge in [0.1, 0.15) is 11.5 Å². The fourth-order valence-electron chi connectivity index (χ4n) is 2.33. The van der Waals surface area contributed by atoms with E-state index in [4.69, 9.17) is 23.2 Å². The Morgan fingerprint density at radius 1 is 1.18 bits per heavy atom. The molecule has 1 heterocycles. The van der Waals surface area contributed by atoms with Gasteiger partial charge in [0, 0.05) is 12.4 Å². The Morgan fingerprint density at radius 3 is 2.64 bits per heavy atom. The van der Waals surface area contributed by atoms with Crippen LogP contribution in [0.1, 0.15) is 10.5 Å². The molecule has 0 fully saturated rings. The van der Waals surface area contributed by atoms with Crippen molar-refractivity contribution < 1.29 is 9.18 Å². The molecule has 0 aliphatic rings. The van der Waals surface area contributed by atoms with Crippen molar-refractivity contribution in [2.45, 2.75) is 0 Å². The van der Waals surface area contributed by atoms with Crippen molar-refractivity contribution >= 4 is 45.7 Å². The van der Waals surface area contributed by atoms with Crippen LogP contribution in [0, 0.1) is 5.82 Å². The van der Waals surface area contributed by atoms with E-state index in [1.807, 2.05) is 0 Å². The molecular weight excluding hydrogens is 326 g/mol. The van der Waals surface area contributed by atoms with Crippen LogP contribution in [-0.4, -0.2) is 10.5 Å². The average Bonchev–Trinajstić information content (AvgIpc) is 2.83. The van der Waals surface area contributed by atoms with Gasteiger partial charge in [0.2, 0.25) is 0 Å². The first-order valence-electron chi connectivity index (χ1n) is 6.48. The number of hydrogen-bond donors (Lipinski definition) is 1. The smallest absolute Gasteiger partial charge is 0.272 e. The van der Waals surface area contributed by atoms with E-state index >= 15 is 0 Å². The van der Waals surface area contributed by atoms with Crippen molar-refractivity contribution in [3.8, 4) is 0 Å². The maximum Gasteiger partial charge on any atom is 0.272 e. The summed E-state index contributed by atoms with van der Waals surface area (Å²) in [5, 5.41) is 3.70. The van der Waals surface area contributed by atoms with Crippen LogP contribution < -0.4 is 5.32 Å². The molecular formula is C16H11Cl2FN2O. The summed E-state index contributed by atoms with van der Waals surface area (Å²) in [6.45, 7) is 0. The van der Waals surface area contributed by atoms with Gasteiger partial charge in [0.15, 0.2) is 0 Å². The first-order valence-corrected chi connectivity index (χ1v) is 7.24. The van der Waals surface area contributed by atoms with Gasteiger partial charge >= 0.3 is 0 Å². The molecule has 3 nitrogen and oxygen atoms in total. The first kappa shape index (κ1) is 14.9. The third kappa shape index (κ3) is 2.45. The third-order valence-corrected chi connectivity index (χ3v) is 4.29. The molecule has 0 saturated carbocycles. The number of nitrogens with one attached hydrogen (secondary N) is 1. The van der Waals surface area contributed by atoms with Crippen molar-refractivity contribution in [2.24, 2.45) is 7.05 Å². The molecule has 0 spiro atoms. The molecule has 0 atom stereocenters. The highest BCUT2D eigenvalue weighted by atomic mass is 35.5. The van der Waals surface area contributed by atoms with Gasteiger partial charge in [-0.1, -0.05) is 35.3 Å². The lowest BCUT2D eigenvalue weighted by Crippen LogP contribution is -2.15. The van der Waals surface area contributed by atoms with Crippen molar-refractivity contribution in [1.29, 1.82) is 0 Å². The molecule has 0 aliphatic carbocycles. The van der Waals surface area contributed by atoms with Crippen LogP contribution in [0.15, 0.2) is 42.5 Å². The predicted octanol–water partition coefficient (Wildman–Crippen LogP) is 4.88. The van der Waals surface area contributed by atoms with Gasteiger partial charge in [-0.15, -0.1) is 0 Å². The number of aryl methyl sites for hydroxylation is 1. The van der Waals surface area contributed by atoms with Crippen molar-refractivity contribution in [2.75, 3.05) is 5.32 Å². The van der Waals surface area contributed by atoms with Crippen LogP contribution in [0.25, 0.3) is 10.9 Å². The fraction of sp³-hybridized carbons (Fsp3) is 0.0625. The SMILES string of the molecule is Cn1c(C(=O)Nc2cccc(Cl)c2Cl)cc2c(F)cccc21. The number of hydrogen-bond acceptors (Lipinski definition) is 1. The normalized spacial score (nSPS) is 10.9. The number of amides is 1. The van der Waals surface area contributed by atoms with E-state index in [-0.39, 0.29) is 16.7 Å². The molecule has 22 heavy (non-hydrogen) atoms. The summed E-state index contributed by atoms with van der Waals surface area (Å²) in [4.78, 5) is 12.4. The van der Waals surface area contributed by atoms with Crippen LogP contribution in [0.5, 0.6) is 0 Å². The molecule has 112 valence electrons. The van der Waals surface area contributed by atoms with Crippen molar-refractivity contribution in [1.82, 2.24) is 4.57 Å². The molecule has 2 aromatic carbocycles. The zero-order chi connectivity index (χ0) is 15.9. The van der Waals surface area contributed by atoms with E-state index in [1.165, 1.54) is 12.1 Å². The number of benzene rings is 2. The third-order valence-electron chi connectivity index (χ3n) is 3.47. The number of carbonyl (C=O) groups is 1. The summed E-state index contributed by atoms with van der Waals surface area (Å²) in [5.74, 6) is -0.754. The predicted molar refractivity (Wildman–Crippen MR) is 87.3 cm³/mol. The minimum atomic E-state index is -0.387. The zero-order valence-corrected chi connectivity index (χ0v) is 13.0. The lowest BCUT2D eigenvalue weighted by Gasteiger charge is -2.09. The van der Waals surface area contributed by atoms with Gasteiger partial charge in [-0.25, -0.2) is 4.39 Å². The van der Waals surface area contributed by atoms with Crippen LogP contribution in [0.2, 0.25) is 10.0 Å². The molecule has 3 rings (SSSR count). The Bertz CT molecular complexity index is 889. The van der Waals surface area contributed by atoms with Gasteiger partial charge in [-0.3, -0.25) is 4.79 Å². The number of nitrogens with zero attached hydrogens (tertiary/aromatic N) is 1. The molecule has 0 saturated heterocycles. The van der Waals surface area contributed by atoms with Gasteiger partial charge in [-0.05, 0) is 30.3 Å². The minimum Gasteiger partial charge on any atom is -0.340 e. The van der Waals surface area contributed by atoms with Crippen molar-refractivity contribution in [3.63, 3.8) is 0 Å². The number of halogens is 3. The second-order valence-corrected chi connectivity index (χ2v) is 5.60. The maximum absolute atomic E-state index is 13.8. The molecule has 1 amide bonds. The number of carbonyl (C=O) groups excluding carboxylic acids is 1. The summed E-state index contributed by atoms with van der Waals surface area (Å²) < 4.78 is 15.4. The Labute approximate surface area is 136 Å². The number of aromatic nitrogens is 1. The highest BCUT2D eigenvalue weighted by molar-refractivity contribution is 6.44. The van der Waals surface area contributed by atoms with E-state index in [0.29, 0.717) is 27.3 Å². The standard InChI is InChI=1S/C16H11Cl2FN2O/c1-21-13-7-3-5-11(19)9(13)8-14(21)16(22)20-12-6-2-4-10(17)15(12)18/h2-8H,1H3,(H,20,22). The van der Waals surface area contributed by atoms with E-state index in [0.717, 1.165) is 0 Å². The van der Waals surface area contributed by atoms with Gasteiger partial charge in [0.25, 0.3) is 5.91 Å². The maximum atomic E-state index is 13.8. The second kappa shape index (κ2) is 5.63. The summed E-state index contributed by atoms with van der Waals surface area (Å²) in [7, 11) is 1.70. The van der Waals surface area contributed by atoms with E-state index < -0.39 is 0 Å². The monoisotopic (exact) mass is 336 g/mol. The Kier molecular flexibility index (Phi) is 3.81.